The number of esters is 2. The Bertz CT molecular complexity index is 1390. The summed E-state index contributed by atoms with van der Waals surface area (Å²) in [6.07, 6.45) is 4.64. The molecule has 41 heavy (non-hydrogen) atoms. The van der Waals surface area contributed by atoms with Crippen molar-refractivity contribution in [2.45, 2.75) is 23.4 Å². The number of nitrogens with zero attached hydrogens (tertiary/aromatic N) is 5. The number of ether oxygens (including phenoxy) is 2. The highest BCUT2D eigenvalue weighted by Gasteiger charge is 2.87. The molecule has 2 fully saturated rings. The number of fused-ring (bicyclic) bond motifs is 2. The van der Waals surface area contributed by atoms with Crippen LogP contribution in [0.4, 0.5) is 0 Å². The normalized spacial score (nSPS) is 29.2. The summed E-state index contributed by atoms with van der Waals surface area (Å²) in [5, 5.41) is 24.9. The highest BCUT2D eigenvalue weighted by atomic mass is 35.5. The third-order valence-corrected chi connectivity index (χ3v) is 9.01. The number of rotatable bonds is 6. The Balaban J connectivity index is 0.00000387. The van der Waals surface area contributed by atoms with Crippen LogP contribution in [0, 0.1) is 10.8 Å². The van der Waals surface area contributed by atoms with Crippen molar-refractivity contribution in [3.8, 4) is 0 Å². The van der Waals surface area contributed by atoms with E-state index in [1.165, 1.54) is 12.4 Å². The lowest BCUT2D eigenvalue weighted by molar-refractivity contribution is -0.383. The number of aromatic nitrogens is 3. The van der Waals surface area contributed by atoms with Gasteiger partial charge in [0, 0.05) is 38.2 Å². The second-order valence-corrected chi connectivity index (χ2v) is 10.7. The number of carbonyl (C=O) groups excluding carboxylic acids is 2. The Morgan fingerprint density at radius 3 is 2.07 bits per heavy atom. The van der Waals surface area contributed by atoms with Gasteiger partial charge in [-0.15, -0.1) is 12.4 Å². The Morgan fingerprint density at radius 2 is 1.54 bits per heavy atom. The van der Waals surface area contributed by atoms with Gasteiger partial charge in [-0.2, -0.15) is 0 Å². The number of halogens is 2. The van der Waals surface area contributed by atoms with Crippen LogP contribution in [0.15, 0.2) is 73.2 Å². The van der Waals surface area contributed by atoms with Gasteiger partial charge in [0.05, 0.1) is 37.3 Å². The molecule has 4 atom stereocenters. The minimum atomic E-state index is -3.12. The first-order valence-corrected chi connectivity index (χ1v) is 13.0. The van der Waals surface area contributed by atoms with E-state index in [0.29, 0.717) is 11.4 Å². The van der Waals surface area contributed by atoms with E-state index in [0.717, 1.165) is 14.2 Å². The molecule has 4 unspecified atom stereocenters. The number of hydrogen-bond donors (Lipinski definition) is 2. The zero-order valence-corrected chi connectivity index (χ0v) is 24.2. The summed E-state index contributed by atoms with van der Waals surface area (Å²) in [7, 11) is 3.88. The molecular weight excluding hydrogens is 573 g/mol. The first-order chi connectivity index (χ1) is 19.1. The minimum Gasteiger partial charge on any atom is -0.468 e. The monoisotopic (exact) mass is 603 g/mol. The predicted octanol–water partition coefficient (Wildman–Crippen LogP) is 1.89. The van der Waals surface area contributed by atoms with Gasteiger partial charge in [0.1, 0.15) is 0 Å². The van der Waals surface area contributed by atoms with Gasteiger partial charge >= 0.3 is 11.9 Å². The van der Waals surface area contributed by atoms with E-state index in [-0.39, 0.29) is 37.7 Å². The summed E-state index contributed by atoms with van der Waals surface area (Å²) in [6.45, 7) is -0.396. The quantitative estimate of drug-likeness (QED) is 0.185. The lowest BCUT2D eigenvalue weighted by atomic mass is 9.50. The SMILES string of the molecule is COC(=O)C12CN(Cc3ccccn3)CC(C(=O)OC)(C(Cl)(c3ccccn3)N(C)C1c1ccccn1)C2(O)O.Cl. The molecule has 3 aromatic rings. The molecule has 218 valence electrons. The average Bonchev–Trinajstić information content (AvgIpc) is 2.98. The van der Waals surface area contributed by atoms with Gasteiger partial charge in [-0.25, -0.2) is 0 Å². The van der Waals surface area contributed by atoms with Crippen LogP contribution >= 0.6 is 24.0 Å². The van der Waals surface area contributed by atoms with Gasteiger partial charge in [-0.05, 0) is 43.4 Å². The van der Waals surface area contributed by atoms with E-state index in [1.54, 1.807) is 71.6 Å². The molecule has 13 heteroatoms. The molecule has 2 aliphatic heterocycles. The molecule has 5 rings (SSSR count). The van der Waals surface area contributed by atoms with Crippen LogP contribution < -0.4 is 0 Å². The van der Waals surface area contributed by atoms with Crippen molar-refractivity contribution < 1.29 is 29.3 Å². The van der Waals surface area contributed by atoms with Gasteiger partial charge in [0.25, 0.3) is 0 Å². The summed E-state index contributed by atoms with van der Waals surface area (Å²) in [5.41, 5.74) is -3.49. The van der Waals surface area contributed by atoms with Crippen molar-refractivity contribution in [1.29, 1.82) is 0 Å². The van der Waals surface area contributed by atoms with E-state index in [9.17, 15) is 19.8 Å². The number of alkyl halides is 1. The van der Waals surface area contributed by atoms with E-state index in [2.05, 4.69) is 15.0 Å². The van der Waals surface area contributed by atoms with Crippen molar-refractivity contribution >= 4 is 35.9 Å². The molecule has 2 N–H and O–H groups in total. The van der Waals surface area contributed by atoms with Crippen LogP contribution in [0.25, 0.3) is 0 Å². The number of aliphatic hydroxyl groups is 2. The van der Waals surface area contributed by atoms with Crippen LogP contribution in [0.2, 0.25) is 0 Å². The Kier molecular flexibility index (Phi) is 8.43. The van der Waals surface area contributed by atoms with E-state index in [1.807, 2.05) is 6.07 Å². The van der Waals surface area contributed by atoms with Crippen molar-refractivity contribution in [2.24, 2.45) is 10.8 Å². The van der Waals surface area contributed by atoms with E-state index >= 15 is 0 Å². The van der Waals surface area contributed by atoms with Gasteiger partial charge in [-0.1, -0.05) is 29.8 Å². The number of likely N-dealkylation sites (tertiary alicyclic amines) is 2. The van der Waals surface area contributed by atoms with Gasteiger partial charge in [-0.3, -0.25) is 34.3 Å². The Hall–Kier alpha value is -3.19. The maximum atomic E-state index is 14.1. The van der Waals surface area contributed by atoms with Crippen LogP contribution in [-0.4, -0.2) is 87.0 Å². The van der Waals surface area contributed by atoms with Crippen LogP contribution in [0.1, 0.15) is 23.1 Å². The third-order valence-electron chi connectivity index (χ3n) is 8.22. The largest absolute Gasteiger partial charge is 0.468 e. The Labute approximate surface area is 248 Å². The van der Waals surface area contributed by atoms with Gasteiger partial charge in [0.15, 0.2) is 15.8 Å². The summed E-state index contributed by atoms with van der Waals surface area (Å²) >= 11 is 7.57. The highest BCUT2D eigenvalue weighted by molar-refractivity contribution is 6.26. The van der Waals surface area contributed by atoms with Gasteiger partial charge in [0.2, 0.25) is 5.79 Å². The molecule has 2 aliphatic rings. The highest BCUT2D eigenvalue weighted by Crippen LogP contribution is 2.70. The molecule has 0 spiro atoms. The number of carbonyl (C=O) groups is 2. The number of piperidine rings is 2. The fraction of sp³-hybridized carbons (Fsp3) is 0.393. The van der Waals surface area contributed by atoms with Crippen LogP contribution in [0.5, 0.6) is 0 Å². The molecule has 5 heterocycles. The number of pyridine rings is 3. The molecule has 0 aromatic carbocycles. The first-order valence-electron chi connectivity index (χ1n) is 12.6. The molecule has 0 amide bonds. The standard InChI is InChI=1S/C28H30ClN5O6.ClH/c1-33-22(20-11-5-8-14-31-20)25(23(35)39-2)17-34(16-19-10-4-7-13-30-19)18-26(24(36)40-3,28(25,37)38)27(33,29)21-12-6-9-15-32-21;/h4-15,22,37-38H,16-18H2,1-3H3;1H. The summed E-state index contributed by atoms with van der Waals surface area (Å²) in [4.78, 5) is 42.6. The number of hydrogen-bond acceptors (Lipinski definition) is 11. The molecule has 0 saturated carbocycles. The second-order valence-electron chi connectivity index (χ2n) is 10.1. The summed E-state index contributed by atoms with van der Waals surface area (Å²) in [5.74, 6) is -5.11. The lowest BCUT2D eigenvalue weighted by Gasteiger charge is -2.69. The molecular formula is C28H31Cl2N5O6. The fourth-order valence-electron chi connectivity index (χ4n) is 6.56. The Morgan fingerprint density at radius 1 is 0.927 bits per heavy atom. The van der Waals surface area contributed by atoms with Crippen molar-refractivity contribution in [1.82, 2.24) is 24.8 Å². The van der Waals surface area contributed by atoms with Crippen molar-refractivity contribution in [3.05, 3.63) is 90.3 Å². The minimum absolute atomic E-state index is 0. The molecule has 3 aromatic heterocycles. The molecule has 11 nitrogen and oxygen atoms in total. The molecule has 0 radical (unpaired) electrons. The van der Waals surface area contributed by atoms with Crippen molar-refractivity contribution in [3.63, 3.8) is 0 Å². The summed E-state index contributed by atoms with van der Waals surface area (Å²) in [6, 6.07) is 14.2. The molecule has 0 aliphatic carbocycles. The predicted molar refractivity (Wildman–Crippen MR) is 149 cm³/mol. The van der Waals surface area contributed by atoms with Crippen molar-refractivity contribution in [2.75, 3.05) is 34.4 Å². The van der Waals surface area contributed by atoms with Crippen LogP contribution in [-0.2, 0) is 30.6 Å². The number of methoxy groups -OCH3 is 2. The first kappa shape index (κ1) is 30.8. The third kappa shape index (κ3) is 4.14. The zero-order chi connectivity index (χ0) is 28.8. The molecule has 2 bridgehead atoms. The smallest absolute Gasteiger partial charge is 0.322 e. The zero-order valence-electron chi connectivity index (χ0n) is 22.7. The maximum absolute atomic E-state index is 14.1. The lowest BCUT2D eigenvalue weighted by Crippen LogP contribution is -2.87. The second kappa shape index (κ2) is 11.2. The maximum Gasteiger partial charge on any atom is 0.322 e. The van der Waals surface area contributed by atoms with E-state index < -0.39 is 39.6 Å². The topological polar surface area (TPSA) is 138 Å². The molecule has 2 saturated heterocycles. The summed E-state index contributed by atoms with van der Waals surface area (Å²) < 4.78 is 10.5. The van der Waals surface area contributed by atoms with Gasteiger partial charge < -0.3 is 19.7 Å². The van der Waals surface area contributed by atoms with Crippen LogP contribution in [0.3, 0.4) is 0 Å². The average molecular weight is 604 g/mol. The van der Waals surface area contributed by atoms with E-state index in [4.69, 9.17) is 21.1 Å². The fourth-order valence-corrected chi connectivity index (χ4v) is 7.04.